The van der Waals surface area contributed by atoms with E-state index in [2.05, 4.69) is 38.1 Å². The number of nitrogen functional groups attached to an aromatic ring is 1. The highest BCUT2D eigenvalue weighted by Gasteiger charge is 2.17. The van der Waals surface area contributed by atoms with E-state index in [-0.39, 0.29) is 11.6 Å². The molecule has 0 aliphatic carbocycles. The summed E-state index contributed by atoms with van der Waals surface area (Å²) in [7, 11) is 0. The van der Waals surface area contributed by atoms with Crippen LogP contribution in [-0.4, -0.2) is 16.1 Å². The summed E-state index contributed by atoms with van der Waals surface area (Å²) in [6, 6.07) is 7.55. The molecule has 19 heavy (non-hydrogen) atoms. The average Bonchev–Trinajstić information content (AvgIpc) is 2.75. The number of amides is 1. The molecule has 1 heterocycles. The topological polar surface area (TPSA) is 83.8 Å². The van der Waals surface area contributed by atoms with Crippen molar-refractivity contribution >= 4 is 39.9 Å². The lowest BCUT2D eigenvalue weighted by molar-refractivity contribution is 0.102. The molecule has 0 saturated heterocycles. The van der Waals surface area contributed by atoms with Gasteiger partial charge in [-0.15, -0.1) is 0 Å². The van der Waals surface area contributed by atoms with Gasteiger partial charge in [-0.25, -0.2) is 0 Å². The Morgan fingerprint density at radius 3 is 2.89 bits per heavy atom. The molecule has 0 atom stereocenters. The summed E-state index contributed by atoms with van der Waals surface area (Å²) < 4.78 is 0.969. The highest BCUT2D eigenvalue weighted by molar-refractivity contribution is 14.1. The molecule has 0 unspecified atom stereocenters. The van der Waals surface area contributed by atoms with Crippen LogP contribution in [0.3, 0.4) is 0 Å². The number of benzene rings is 1. The number of rotatable bonds is 4. The third kappa shape index (κ3) is 3.06. The van der Waals surface area contributed by atoms with Crippen LogP contribution >= 0.6 is 22.6 Å². The van der Waals surface area contributed by atoms with Crippen LogP contribution in [0.15, 0.2) is 24.3 Å². The summed E-state index contributed by atoms with van der Waals surface area (Å²) in [5, 5.41) is 9.63. The maximum Gasteiger partial charge on any atom is 0.278 e. The van der Waals surface area contributed by atoms with Gasteiger partial charge in [-0.1, -0.05) is 25.5 Å². The zero-order valence-electron chi connectivity index (χ0n) is 10.5. The van der Waals surface area contributed by atoms with E-state index in [9.17, 15) is 4.79 Å². The fourth-order valence-corrected chi connectivity index (χ4v) is 2.27. The van der Waals surface area contributed by atoms with E-state index in [1.54, 1.807) is 0 Å². The molecule has 0 saturated carbocycles. The van der Waals surface area contributed by atoms with Crippen LogP contribution in [0.4, 0.5) is 11.4 Å². The Hall–Kier alpha value is -1.57. The van der Waals surface area contributed by atoms with E-state index >= 15 is 0 Å². The van der Waals surface area contributed by atoms with E-state index in [4.69, 9.17) is 5.73 Å². The molecule has 0 radical (unpaired) electrons. The molecule has 0 spiro atoms. The first kappa shape index (κ1) is 13.9. The smallest absolute Gasteiger partial charge is 0.278 e. The zero-order chi connectivity index (χ0) is 13.8. The van der Waals surface area contributed by atoms with E-state index in [0.29, 0.717) is 5.69 Å². The van der Waals surface area contributed by atoms with Crippen LogP contribution < -0.4 is 11.1 Å². The number of para-hydroxylation sites is 1. The fraction of sp³-hybridized carbons (Fsp3) is 0.231. The van der Waals surface area contributed by atoms with Crippen LogP contribution in [0.5, 0.6) is 0 Å². The van der Waals surface area contributed by atoms with Crippen LogP contribution in [0, 0.1) is 3.57 Å². The van der Waals surface area contributed by atoms with Gasteiger partial charge in [0.25, 0.3) is 5.91 Å². The number of nitrogens with two attached hydrogens (primary N) is 1. The first-order valence-corrected chi connectivity index (χ1v) is 7.10. The number of aryl methyl sites for hydroxylation is 1. The number of carbonyl (C=O) groups is 1. The lowest BCUT2D eigenvalue weighted by Gasteiger charge is -2.05. The van der Waals surface area contributed by atoms with Crippen LogP contribution in [0.2, 0.25) is 0 Å². The van der Waals surface area contributed by atoms with Crippen molar-refractivity contribution in [3.63, 3.8) is 0 Å². The summed E-state index contributed by atoms with van der Waals surface area (Å²) in [5.41, 5.74) is 8.19. The summed E-state index contributed by atoms with van der Waals surface area (Å²) in [5.74, 6) is -0.291. The third-order valence-electron chi connectivity index (χ3n) is 2.72. The predicted octanol–water partition coefficient (Wildman–Crippen LogP) is 2.80. The van der Waals surface area contributed by atoms with Crippen LogP contribution in [-0.2, 0) is 6.42 Å². The molecule has 2 rings (SSSR count). The van der Waals surface area contributed by atoms with Gasteiger partial charge in [0.1, 0.15) is 0 Å². The van der Waals surface area contributed by atoms with Gasteiger partial charge in [-0.3, -0.25) is 9.89 Å². The molecule has 1 aromatic carbocycles. The van der Waals surface area contributed by atoms with Gasteiger partial charge in [-0.2, -0.15) is 5.10 Å². The van der Waals surface area contributed by atoms with E-state index in [0.717, 1.165) is 27.8 Å². The Labute approximate surface area is 125 Å². The molecule has 4 N–H and O–H groups in total. The average molecular weight is 370 g/mol. The van der Waals surface area contributed by atoms with Crippen molar-refractivity contribution in [1.82, 2.24) is 10.2 Å². The summed E-state index contributed by atoms with van der Waals surface area (Å²) in [4.78, 5) is 12.1. The maximum absolute atomic E-state index is 12.1. The van der Waals surface area contributed by atoms with Gasteiger partial charge in [0.15, 0.2) is 5.69 Å². The number of H-pyrrole nitrogens is 1. The van der Waals surface area contributed by atoms with Gasteiger partial charge in [0.2, 0.25) is 0 Å². The molecule has 100 valence electrons. The lowest BCUT2D eigenvalue weighted by Crippen LogP contribution is -2.15. The Bertz CT molecular complexity index is 594. The minimum absolute atomic E-state index is 0.253. The van der Waals surface area contributed by atoms with Crippen molar-refractivity contribution in [2.75, 3.05) is 11.1 Å². The predicted molar refractivity (Wildman–Crippen MR) is 84.1 cm³/mol. The second kappa shape index (κ2) is 6.05. The molecular weight excluding hydrogens is 355 g/mol. The second-order valence-corrected chi connectivity index (χ2v) is 5.31. The monoisotopic (exact) mass is 370 g/mol. The van der Waals surface area contributed by atoms with Gasteiger partial charge < -0.3 is 11.1 Å². The van der Waals surface area contributed by atoms with E-state index in [1.165, 1.54) is 0 Å². The molecule has 1 aromatic heterocycles. The SMILES string of the molecule is CCCc1[nH]nc(C(=O)Nc2ccccc2I)c1N. The van der Waals surface area contributed by atoms with E-state index < -0.39 is 0 Å². The number of hydrogen-bond donors (Lipinski definition) is 3. The molecule has 0 fully saturated rings. The largest absolute Gasteiger partial charge is 0.395 e. The molecule has 0 aliphatic rings. The first-order valence-electron chi connectivity index (χ1n) is 6.02. The van der Waals surface area contributed by atoms with Crippen LogP contribution in [0.25, 0.3) is 0 Å². The Morgan fingerprint density at radius 2 is 2.21 bits per heavy atom. The Morgan fingerprint density at radius 1 is 1.47 bits per heavy atom. The number of aromatic amines is 1. The summed E-state index contributed by atoms with van der Waals surface area (Å²) in [6.07, 6.45) is 1.74. The highest BCUT2D eigenvalue weighted by Crippen LogP contribution is 2.20. The molecule has 6 heteroatoms. The van der Waals surface area contributed by atoms with Crippen molar-refractivity contribution < 1.29 is 4.79 Å². The number of aromatic nitrogens is 2. The molecule has 5 nitrogen and oxygen atoms in total. The zero-order valence-corrected chi connectivity index (χ0v) is 12.7. The van der Waals surface area contributed by atoms with Gasteiger partial charge >= 0.3 is 0 Å². The van der Waals surface area contributed by atoms with Crippen molar-refractivity contribution in [2.24, 2.45) is 0 Å². The van der Waals surface area contributed by atoms with Crippen molar-refractivity contribution in [1.29, 1.82) is 0 Å². The van der Waals surface area contributed by atoms with Crippen molar-refractivity contribution in [2.45, 2.75) is 19.8 Å². The Balaban J connectivity index is 2.19. The molecular formula is C13H15IN4O. The second-order valence-electron chi connectivity index (χ2n) is 4.15. The number of hydrogen-bond acceptors (Lipinski definition) is 3. The van der Waals surface area contributed by atoms with Crippen molar-refractivity contribution in [3.8, 4) is 0 Å². The third-order valence-corrected chi connectivity index (χ3v) is 3.66. The fourth-order valence-electron chi connectivity index (χ4n) is 1.74. The number of nitrogens with zero attached hydrogens (tertiary/aromatic N) is 1. The molecule has 0 bridgehead atoms. The summed E-state index contributed by atoms with van der Waals surface area (Å²) >= 11 is 2.17. The maximum atomic E-state index is 12.1. The van der Waals surface area contributed by atoms with E-state index in [1.807, 2.05) is 31.2 Å². The standard InChI is InChI=1S/C13H15IN4O/c1-2-5-10-11(15)12(18-17-10)13(19)16-9-7-4-3-6-8(9)14/h3-4,6-7H,2,5,15H2,1H3,(H,16,19)(H,17,18). The van der Waals surface area contributed by atoms with Gasteiger partial charge in [-0.05, 0) is 41.1 Å². The number of anilines is 2. The lowest BCUT2D eigenvalue weighted by atomic mass is 10.2. The van der Waals surface area contributed by atoms with Crippen LogP contribution in [0.1, 0.15) is 29.5 Å². The number of halogens is 1. The Kier molecular flexibility index (Phi) is 4.41. The highest BCUT2D eigenvalue weighted by atomic mass is 127. The van der Waals surface area contributed by atoms with Crippen molar-refractivity contribution in [3.05, 3.63) is 39.2 Å². The summed E-state index contributed by atoms with van der Waals surface area (Å²) in [6.45, 7) is 2.05. The minimum atomic E-state index is -0.291. The van der Waals surface area contributed by atoms with Gasteiger partial charge in [0.05, 0.1) is 17.1 Å². The first-order chi connectivity index (χ1) is 9.13. The molecule has 1 amide bonds. The number of nitrogens with one attached hydrogen (secondary N) is 2. The molecule has 2 aromatic rings. The minimum Gasteiger partial charge on any atom is -0.395 e. The van der Waals surface area contributed by atoms with Gasteiger partial charge in [0, 0.05) is 3.57 Å². The number of carbonyl (C=O) groups excluding carboxylic acids is 1. The quantitative estimate of drug-likeness (QED) is 0.724. The normalized spacial score (nSPS) is 10.4. The molecule has 0 aliphatic heterocycles.